The molecule has 1 nitrogen and oxygen atoms in total. The fourth-order valence-corrected chi connectivity index (χ4v) is 3.33. The van der Waals surface area contributed by atoms with E-state index in [9.17, 15) is 4.79 Å². The number of ketones is 1. The van der Waals surface area contributed by atoms with Crippen LogP contribution in [0.3, 0.4) is 0 Å². The molecule has 0 bridgehead atoms. The van der Waals surface area contributed by atoms with Crippen LogP contribution in [-0.4, -0.2) is 5.78 Å². The molecule has 3 atom stereocenters. The molecule has 1 saturated carbocycles. The lowest BCUT2D eigenvalue weighted by molar-refractivity contribution is -0.137. The zero-order valence-electron chi connectivity index (χ0n) is 9.07. The molecule has 2 aliphatic carbocycles. The van der Waals surface area contributed by atoms with E-state index in [1.54, 1.807) is 0 Å². The van der Waals surface area contributed by atoms with Gasteiger partial charge in [-0.05, 0) is 30.4 Å². The van der Waals surface area contributed by atoms with E-state index in [4.69, 9.17) is 0 Å². The van der Waals surface area contributed by atoms with Gasteiger partial charge in [-0.3, -0.25) is 4.79 Å². The van der Waals surface area contributed by atoms with E-state index in [1.807, 2.05) is 0 Å². The van der Waals surface area contributed by atoms with Crippen LogP contribution in [0.4, 0.5) is 0 Å². The highest BCUT2D eigenvalue weighted by Crippen LogP contribution is 2.49. The molecule has 78 valence electrons. The number of benzene rings is 1. The van der Waals surface area contributed by atoms with Crippen LogP contribution in [0.5, 0.6) is 0 Å². The monoisotopic (exact) mass is 200 g/mol. The Bertz CT molecular complexity index is 408. The SMILES string of the molecule is CC1C(=O)C2CCCc3ccccc3C12. The first-order valence-electron chi connectivity index (χ1n) is 5.90. The minimum absolute atomic E-state index is 0.259. The third kappa shape index (κ3) is 1.19. The second kappa shape index (κ2) is 3.19. The average molecular weight is 200 g/mol. The summed E-state index contributed by atoms with van der Waals surface area (Å²) >= 11 is 0. The molecule has 0 aromatic heterocycles. The topological polar surface area (TPSA) is 17.1 Å². The second-order valence-corrected chi connectivity index (χ2v) is 4.91. The maximum absolute atomic E-state index is 11.8. The predicted octanol–water partition coefficient (Wildman–Crippen LogP) is 2.94. The van der Waals surface area contributed by atoms with Crippen LogP contribution in [0, 0.1) is 11.8 Å². The van der Waals surface area contributed by atoms with Crippen molar-refractivity contribution in [1.82, 2.24) is 0 Å². The highest BCUT2D eigenvalue weighted by atomic mass is 16.1. The summed E-state index contributed by atoms with van der Waals surface area (Å²) in [6.45, 7) is 2.09. The Balaban J connectivity index is 2.06. The first kappa shape index (κ1) is 9.14. The van der Waals surface area contributed by atoms with Crippen molar-refractivity contribution in [2.45, 2.75) is 32.1 Å². The summed E-state index contributed by atoms with van der Waals surface area (Å²) in [5.41, 5.74) is 2.93. The van der Waals surface area contributed by atoms with Gasteiger partial charge >= 0.3 is 0 Å². The summed E-state index contributed by atoms with van der Waals surface area (Å²) in [6, 6.07) is 8.68. The average Bonchev–Trinajstić information content (AvgIpc) is 2.45. The molecule has 1 aromatic carbocycles. The quantitative estimate of drug-likeness (QED) is 0.629. The summed E-state index contributed by atoms with van der Waals surface area (Å²) in [7, 11) is 0. The number of hydrogen-bond donors (Lipinski definition) is 0. The van der Waals surface area contributed by atoms with E-state index in [0.717, 1.165) is 12.8 Å². The fourth-order valence-electron chi connectivity index (χ4n) is 3.33. The van der Waals surface area contributed by atoms with Crippen molar-refractivity contribution >= 4 is 5.78 Å². The van der Waals surface area contributed by atoms with Gasteiger partial charge < -0.3 is 0 Å². The summed E-state index contributed by atoms with van der Waals surface area (Å²) in [6.07, 6.45) is 3.43. The van der Waals surface area contributed by atoms with Crippen molar-refractivity contribution in [1.29, 1.82) is 0 Å². The summed E-state index contributed by atoms with van der Waals surface area (Å²) in [5, 5.41) is 0. The van der Waals surface area contributed by atoms with Gasteiger partial charge in [0, 0.05) is 17.8 Å². The number of carbonyl (C=O) groups excluding carboxylic acids is 1. The minimum atomic E-state index is 0.259. The van der Waals surface area contributed by atoms with Crippen molar-refractivity contribution < 1.29 is 4.79 Å². The molecule has 0 radical (unpaired) electrons. The van der Waals surface area contributed by atoms with E-state index in [2.05, 4.69) is 31.2 Å². The molecule has 0 spiro atoms. The van der Waals surface area contributed by atoms with Crippen molar-refractivity contribution in [3.63, 3.8) is 0 Å². The first-order chi connectivity index (χ1) is 7.29. The fraction of sp³-hybridized carbons (Fsp3) is 0.500. The minimum Gasteiger partial charge on any atom is -0.299 e. The van der Waals surface area contributed by atoms with Gasteiger partial charge in [-0.15, -0.1) is 0 Å². The summed E-state index contributed by atoms with van der Waals surface area (Å²) < 4.78 is 0. The Morgan fingerprint density at radius 3 is 2.93 bits per heavy atom. The van der Waals surface area contributed by atoms with Crippen LogP contribution in [0.25, 0.3) is 0 Å². The highest BCUT2D eigenvalue weighted by Gasteiger charge is 2.48. The van der Waals surface area contributed by atoms with Crippen molar-refractivity contribution in [2.24, 2.45) is 11.8 Å². The third-order valence-corrected chi connectivity index (χ3v) is 4.16. The lowest BCUT2D eigenvalue weighted by Crippen LogP contribution is -2.43. The number of carbonyl (C=O) groups is 1. The normalized spacial score (nSPS) is 33.7. The number of hydrogen-bond acceptors (Lipinski definition) is 1. The van der Waals surface area contributed by atoms with Gasteiger partial charge in [0.15, 0.2) is 0 Å². The van der Waals surface area contributed by atoms with Crippen LogP contribution >= 0.6 is 0 Å². The van der Waals surface area contributed by atoms with Crippen LogP contribution in [0.15, 0.2) is 24.3 Å². The molecule has 0 amide bonds. The van der Waals surface area contributed by atoms with Crippen LogP contribution in [0.2, 0.25) is 0 Å². The smallest absolute Gasteiger partial charge is 0.140 e. The lowest BCUT2D eigenvalue weighted by Gasteiger charge is -2.41. The Labute approximate surface area is 90.5 Å². The maximum Gasteiger partial charge on any atom is 0.140 e. The number of aryl methyl sites for hydroxylation is 1. The van der Waals surface area contributed by atoms with E-state index >= 15 is 0 Å². The Hall–Kier alpha value is -1.11. The van der Waals surface area contributed by atoms with E-state index < -0.39 is 0 Å². The predicted molar refractivity (Wildman–Crippen MR) is 59.8 cm³/mol. The molecule has 1 aromatic rings. The standard InChI is InChI=1S/C14H16O/c1-9-13-11-7-3-2-5-10(11)6-4-8-12(13)14(9)15/h2-3,5,7,9,12-13H,4,6,8H2,1H3. The molecule has 15 heavy (non-hydrogen) atoms. The number of Topliss-reactive ketones (excluding diaryl/α,β-unsaturated/α-hetero) is 1. The Morgan fingerprint density at radius 1 is 1.27 bits per heavy atom. The molecule has 0 heterocycles. The summed E-state index contributed by atoms with van der Waals surface area (Å²) in [5.74, 6) is 1.62. The number of fused-ring (bicyclic) bond motifs is 3. The molecule has 0 saturated heterocycles. The zero-order valence-corrected chi connectivity index (χ0v) is 9.07. The van der Waals surface area contributed by atoms with Crippen LogP contribution < -0.4 is 0 Å². The highest BCUT2D eigenvalue weighted by molar-refractivity contribution is 5.92. The van der Waals surface area contributed by atoms with Gasteiger partial charge in [0.05, 0.1) is 0 Å². The van der Waals surface area contributed by atoms with Crippen molar-refractivity contribution in [3.05, 3.63) is 35.4 Å². The third-order valence-electron chi connectivity index (χ3n) is 4.16. The lowest BCUT2D eigenvalue weighted by atomic mass is 9.61. The molecule has 0 N–H and O–H groups in total. The largest absolute Gasteiger partial charge is 0.299 e. The van der Waals surface area contributed by atoms with Gasteiger partial charge in [0.1, 0.15) is 5.78 Å². The molecule has 3 unspecified atom stereocenters. The number of rotatable bonds is 0. The van der Waals surface area contributed by atoms with Crippen LogP contribution in [-0.2, 0) is 11.2 Å². The zero-order chi connectivity index (χ0) is 10.4. The van der Waals surface area contributed by atoms with E-state index in [1.165, 1.54) is 17.5 Å². The van der Waals surface area contributed by atoms with E-state index in [-0.39, 0.29) is 5.92 Å². The molecule has 2 aliphatic rings. The van der Waals surface area contributed by atoms with Gasteiger partial charge in [0.25, 0.3) is 0 Å². The van der Waals surface area contributed by atoms with E-state index in [0.29, 0.717) is 17.6 Å². The van der Waals surface area contributed by atoms with Crippen LogP contribution in [0.1, 0.15) is 36.8 Å². The van der Waals surface area contributed by atoms with Gasteiger partial charge in [-0.2, -0.15) is 0 Å². The molecule has 0 aliphatic heterocycles. The molecular weight excluding hydrogens is 184 g/mol. The summed E-state index contributed by atoms with van der Waals surface area (Å²) in [4.78, 5) is 11.8. The van der Waals surface area contributed by atoms with Crippen molar-refractivity contribution in [3.8, 4) is 0 Å². The molecule has 1 fully saturated rings. The Kier molecular flexibility index (Phi) is 1.95. The van der Waals surface area contributed by atoms with Gasteiger partial charge in [-0.25, -0.2) is 0 Å². The van der Waals surface area contributed by atoms with Gasteiger partial charge in [-0.1, -0.05) is 31.2 Å². The van der Waals surface area contributed by atoms with Gasteiger partial charge in [0.2, 0.25) is 0 Å². The Morgan fingerprint density at radius 2 is 2.07 bits per heavy atom. The first-order valence-corrected chi connectivity index (χ1v) is 5.90. The molecule has 1 heteroatoms. The second-order valence-electron chi connectivity index (χ2n) is 4.91. The maximum atomic E-state index is 11.8. The van der Waals surface area contributed by atoms with Crippen molar-refractivity contribution in [2.75, 3.05) is 0 Å². The molecule has 3 rings (SSSR count). The molecular formula is C14H16O.